The average Bonchev–Trinajstić information content (AvgIpc) is 3.50. The molecule has 1 amide bonds. The van der Waals surface area contributed by atoms with Crippen molar-refractivity contribution in [2.75, 3.05) is 38.3 Å². The van der Waals surface area contributed by atoms with Crippen molar-refractivity contribution in [2.45, 2.75) is 18.9 Å². The van der Waals surface area contributed by atoms with Crippen LogP contribution in [0.2, 0.25) is 0 Å². The number of para-hydroxylation sites is 1. The quantitative estimate of drug-likeness (QED) is 0.719. The highest BCUT2D eigenvalue weighted by atomic mass is 79.9. The van der Waals surface area contributed by atoms with E-state index >= 15 is 0 Å². The summed E-state index contributed by atoms with van der Waals surface area (Å²) < 4.78 is 6.55. The topological polar surface area (TPSA) is 32.8 Å². The number of amides is 1. The van der Waals surface area contributed by atoms with Gasteiger partial charge in [-0.1, -0.05) is 46.3 Å². The van der Waals surface area contributed by atoms with E-state index in [-0.39, 0.29) is 11.8 Å². The molecule has 0 spiro atoms. The first-order valence-electron chi connectivity index (χ1n) is 9.54. The number of hydrogen-bond donors (Lipinski definition) is 0. The van der Waals surface area contributed by atoms with Crippen molar-refractivity contribution in [3.63, 3.8) is 0 Å². The van der Waals surface area contributed by atoms with Crippen LogP contribution in [0.5, 0.6) is 0 Å². The Bertz CT molecular complexity index is 802. The minimum atomic E-state index is 0.117. The van der Waals surface area contributed by atoms with E-state index in [4.69, 9.17) is 4.74 Å². The number of anilines is 1. The molecular weight excluding hydrogens is 404 g/mol. The zero-order chi connectivity index (χ0) is 18.8. The van der Waals surface area contributed by atoms with Crippen molar-refractivity contribution in [1.82, 2.24) is 4.90 Å². The second-order valence-electron chi connectivity index (χ2n) is 7.42. The van der Waals surface area contributed by atoms with Gasteiger partial charge in [0.05, 0.1) is 13.2 Å². The van der Waals surface area contributed by atoms with Crippen LogP contribution in [0.15, 0.2) is 53.0 Å². The molecule has 1 saturated heterocycles. The largest absolute Gasteiger partial charge is 0.378 e. The van der Waals surface area contributed by atoms with E-state index in [2.05, 4.69) is 69.4 Å². The fourth-order valence-corrected chi connectivity index (χ4v) is 4.18. The molecule has 0 aromatic heterocycles. The molecule has 2 fully saturated rings. The van der Waals surface area contributed by atoms with E-state index in [1.54, 1.807) is 0 Å². The molecule has 142 valence electrons. The number of halogens is 1. The molecule has 1 aliphatic heterocycles. The Labute approximate surface area is 169 Å². The van der Waals surface area contributed by atoms with Gasteiger partial charge in [-0.2, -0.15) is 0 Å². The molecule has 2 unspecified atom stereocenters. The first kappa shape index (κ1) is 18.5. The lowest BCUT2D eigenvalue weighted by Crippen LogP contribution is -2.37. The number of hydrogen-bond acceptors (Lipinski definition) is 3. The van der Waals surface area contributed by atoms with Gasteiger partial charge in [-0.25, -0.2) is 0 Å². The van der Waals surface area contributed by atoms with Crippen molar-refractivity contribution in [1.29, 1.82) is 0 Å². The fourth-order valence-electron chi connectivity index (χ4n) is 3.92. The number of rotatable bonds is 5. The van der Waals surface area contributed by atoms with Crippen LogP contribution >= 0.6 is 15.9 Å². The van der Waals surface area contributed by atoms with Crippen LogP contribution in [0.3, 0.4) is 0 Å². The molecule has 1 saturated carbocycles. The van der Waals surface area contributed by atoms with E-state index in [0.29, 0.717) is 12.5 Å². The second-order valence-corrected chi connectivity index (χ2v) is 8.34. The smallest absolute Gasteiger partial charge is 0.226 e. The van der Waals surface area contributed by atoms with E-state index in [9.17, 15) is 4.79 Å². The third-order valence-corrected chi connectivity index (χ3v) is 6.06. The molecule has 4 nitrogen and oxygen atoms in total. The van der Waals surface area contributed by atoms with Crippen molar-refractivity contribution >= 4 is 27.5 Å². The summed E-state index contributed by atoms with van der Waals surface area (Å²) in [6.45, 7) is 3.99. The maximum Gasteiger partial charge on any atom is 0.226 e. The molecule has 27 heavy (non-hydrogen) atoms. The second kappa shape index (κ2) is 8.03. The third kappa shape index (κ3) is 4.19. The molecule has 1 aliphatic carbocycles. The maximum absolute atomic E-state index is 12.9. The Balaban J connectivity index is 1.41. The van der Waals surface area contributed by atoms with E-state index in [1.807, 2.05) is 11.9 Å². The summed E-state index contributed by atoms with van der Waals surface area (Å²) in [5, 5.41) is 0. The highest BCUT2D eigenvalue weighted by Gasteiger charge is 2.45. The van der Waals surface area contributed by atoms with Gasteiger partial charge >= 0.3 is 0 Å². The molecule has 2 atom stereocenters. The molecule has 1 heterocycles. The van der Waals surface area contributed by atoms with Gasteiger partial charge in [0.2, 0.25) is 5.91 Å². The van der Waals surface area contributed by atoms with E-state index in [0.717, 1.165) is 37.2 Å². The average molecular weight is 429 g/mol. The number of carbonyl (C=O) groups is 1. The molecule has 2 aromatic carbocycles. The molecule has 0 bridgehead atoms. The number of nitrogens with zero attached hydrogens (tertiary/aromatic N) is 2. The maximum atomic E-state index is 12.9. The van der Waals surface area contributed by atoms with Crippen molar-refractivity contribution < 1.29 is 9.53 Å². The summed E-state index contributed by atoms with van der Waals surface area (Å²) in [4.78, 5) is 17.2. The predicted molar refractivity (Wildman–Crippen MR) is 111 cm³/mol. The normalized spacial score (nSPS) is 21.8. The molecule has 2 aliphatic rings. The lowest BCUT2D eigenvalue weighted by molar-refractivity contribution is -0.131. The summed E-state index contributed by atoms with van der Waals surface area (Å²) in [7, 11) is 1.93. The van der Waals surface area contributed by atoms with Gasteiger partial charge in [0.15, 0.2) is 0 Å². The predicted octanol–water partition coefficient (Wildman–Crippen LogP) is 4.05. The summed E-state index contributed by atoms with van der Waals surface area (Å²) in [5.41, 5.74) is 3.69. The summed E-state index contributed by atoms with van der Waals surface area (Å²) in [6.07, 6.45) is 0.954. The Morgan fingerprint density at radius 1 is 1.15 bits per heavy atom. The van der Waals surface area contributed by atoms with Gasteiger partial charge < -0.3 is 14.5 Å². The van der Waals surface area contributed by atoms with Crippen LogP contribution in [-0.4, -0.2) is 44.2 Å². The number of carbonyl (C=O) groups excluding carboxylic acids is 1. The molecule has 4 rings (SSSR count). The standard InChI is InChI=1S/C22H25BrN2O2/c1-24(22(26)20-14-19(20)16-6-8-18(23)9-7-16)15-17-4-2-3-5-21(17)25-10-12-27-13-11-25/h2-9,19-20H,10-15H2,1H3. The molecule has 5 heteroatoms. The summed E-state index contributed by atoms with van der Waals surface area (Å²) in [6, 6.07) is 16.8. The Kier molecular flexibility index (Phi) is 5.50. The van der Waals surface area contributed by atoms with Gasteiger partial charge in [0.25, 0.3) is 0 Å². The summed E-state index contributed by atoms with van der Waals surface area (Å²) in [5.74, 6) is 0.731. The van der Waals surface area contributed by atoms with Crippen LogP contribution in [0.1, 0.15) is 23.5 Å². The van der Waals surface area contributed by atoms with Gasteiger partial charge in [-0.05, 0) is 41.7 Å². The Morgan fingerprint density at radius 3 is 2.59 bits per heavy atom. The van der Waals surface area contributed by atoms with E-state index in [1.165, 1.54) is 16.8 Å². The van der Waals surface area contributed by atoms with Gasteiger partial charge in [0, 0.05) is 42.8 Å². The lowest BCUT2D eigenvalue weighted by Gasteiger charge is -2.31. The monoisotopic (exact) mass is 428 g/mol. The fraction of sp³-hybridized carbons (Fsp3) is 0.409. The highest BCUT2D eigenvalue weighted by molar-refractivity contribution is 9.10. The number of ether oxygens (including phenoxy) is 1. The SMILES string of the molecule is CN(Cc1ccccc1N1CCOCC1)C(=O)C1CC1c1ccc(Br)cc1. The lowest BCUT2D eigenvalue weighted by atomic mass is 10.1. The zero-order valence-corrected chi connectivity index (χ0v) is 17.2. The van der Waals surface area contributed by atoms with Crippen LogP contribution in [-0.2, 0) is 16.1 Å². The minimum absolute atomic E-state index is 0.117. The van der Waals surface area contributed by atoms with Crippen LogP contribution in [0.25, 0.3) is 0 Å². The van der Waals surface area contributed by atoms with Gasteiger partial charge in [-0.15, -0.1) is 0 Å². The minimum Gasteiger partial charge on any atom is -0.378 e. The molecule has 0 radical (unpaired) electrons. The van der Waals surface area contributed by atoms with Crippen molar-refractivity contribution in [2.24, 2.45) is 5.92 Å². The van der Waals surface area contributed by atoms with Crippen LogP contribution in [0, 0.1) is 5.92 Å². The van der Waals surface area contributed by atoms with Gasteiger partial charge in [0.1, 0.15) is 0 Å². The molecule has 0 N–H and O–H groups in total. The third-order valence-electron chi connectivity index (χ3n) is 5.53. The number of benzene rings is 2. The summed E-state index contributed by atoms with van der Waals surface area (Å²) >= 11 is 3.47. The van der Waals surface area contributed by atoms with Crippen LogP contribution < -0.4 is 4.90 Å². The zero-order valence-electron chi connectivity index (χ0n) is 15.6. The van der Waals surface area contributed by atoms with Gasteiger partial charge in [-0.3, -0.25) is 4.79 Å². The Hall–Kier alpha value is -1.85. The van der Waals surface area contributed by atoms with Crippen LogP contribution in [0.4, 0.5) is 5.69 Å². The number of morpholine rings is 1. The van der Waals surface area contributed by atoms with Crippen molar-refractivity contribution in [3.05, 3.63) is 64.1 Å². The first-order valence-corrected chi connectivity index (χ1v) is 10.3. The highest BCUT2D eigenvalue weighted by Crippen LogP contribution is 2.48. The molecule has 2 aromatic rings. The van der Waals surface area contributed by atoms with E-state index < -0.39 is 0 Å². The first-order chi connectivity index (χ1) is 13.1. The van der Waals surface area contributed by atoms with Crippen molar-refractivity contribution in [3.8, 4) is 0 Å². The Morgan fingerprint density at radius 2 is 1.85 bits per heavy atom. The molecular formula is C22H25BrN2O2.